The van der Waals surface area contributed by atoms with Crippen molar-refractivity contribution in [2.45, 2.75) is 26.2 Å². The van der Waals surface area contributed by atoms with Crippen LogP contribution in [0, 0.1) is 0 Å². The maximum atomic E-state index is 13.6. The zero-order valence-electron chi connectivity index (χ0n) is 18.6. The molecule has 168 valence electrons. The summed E-state index contributed by atoms with van der Waals surface area (Å²) in [5.41, 5.74) is 3.67. The van der Waals surface area contributed by atoms with Gasteiger partial charge < -0.3 is 14.5 Å². The number of anilines is 2. The monoisotopic (exact) mass is 444 g/mol. The second-order valence-electron chi connectivity index (χ2n) is 8.21. The lowest BCUT2D eigenvalue weighted by atomic mass is 10.0. The second-order valence-corrected chi connectivity index (χ2v) is 8.21. The van der Waals surface area contributed by atoms with Gasteiger partial charge in [0.2, 0.25) is 5.91 Å². The molecule has 0 saturated carbocycles. The van der Waals surface area contributed by atoms with Gasteiger partial charge in [-0.05, 0) is 61.4 Å². The second kappa shape index (κ2) is 8.20. The van der Waals surface area contributed by atoms with Crippen LogP contribution in [0.3, 0.4) is 0 Å². The zero-order chi connectivity index (χ0) is 23.1. The summed E-state index contributed by atoms with van der Waals surface area (Å²) < 4.78 is 6.78. The van der Waals surface area contributed by atoms with E-state index in [1.165, 1.54) is 6.92 Å². The maximum absolute atomic E-state index is 13.6. The molecular formula is C25H24N4O4. The molecule has 0 bridgehead atoms. The highest BCUT2D eigenvalue weighted by Gasteiger charge is 2.34. The number of ketones is 1. The van der Waals surface area contributed by atoms with E-state index >= 15 is 0 Å². The van der Waals surface area contributed by atoms with E-state index in [1.807, 2.05) is 36.4 Å². The molecule has 0 atom stereocenters. The predicted molar refractivity (Wildman–Crippen MR) is 124 cm³/mol. The van der Waals surface area contributed by atoms with Gasteiger partial charge >= 0.3 is 0 Å². The van der Waals surface area contributed by atoms with Gasteiger partial charge in [0.05, 0.1) is 12.8 Å². The van der Waals surface area contributed by atoms with Crippen LogP contribution in [0.15, 0.2) is 48.5 Å². The van der Waals surface area contributed by atoms with Gasteiger partial charge in [0.15, 0.2) is 5.78 Å². The van der Waals surface area contributed by atoms with E-state index < -0.39 is 0 Å². The van der Waals surface area contributed by atoms with Crippen molar-refractivity contribution >= 4 is 29.0 Å². The average molecular weight is 444 g/mol. The van der Waals surface area contributed by atoms with Gasteiger partial charge in [-0.15, -0.1) is 0 Å². The number of rotatable bonds is 5. The molecule has 2 amide bonds. The Kier molecular flexibility index (Phi) is 5.20. The van der Waals surface area contributed by atoms with Crippen LogP contribution in [-0.2, 0) is 11.2 Å². The van der Waals surface area contributed by atoms with E-state index in [0.29, 0.717) is 47.8 Å². The first kappa shape index (κ1) is 20.9. The van der Waals surface area contributed by atoms with E-state index in [2.05, 4.69) is 5.10 Å². The number of Topliss-reactive ketones (excluding diaryl/α,β-unsaturated/α-hetero) is 1. The molecule has 1 aromatic heterocycles. The molecule has 2 aromatic carbocycles. The molecular weight excluding hydrogens is 420 g/mol. The third-order valence-electron chi connectivity index (χ3n) is 6.21. The first-order chi connectivity index (χ1) is 16.0. The predicted octanol–water partition coefficient (Wildman–Crippen LogP) is 3.41. The average Bonchev–Trinajstić information content (AvgIpc) is 3.44. The van der Waals surface area contributed by atoms with E-state index in [-0.39, 0.29) is 17.6 Å². The molecule has 2 aliphatic rings. The van der Waals surface area contributed by atoms with Gasteiger partial charge in [-0.2, -0.15) is 5.10 Å². The molecule has 0 radical (unpaired) electrons. The number of hydrogen-bond acceptors (Lipinski definition) is 5. The molecule has 0 spiro atoms. The summed E-state index contributed by atoms with van der Waals surface area (Å²) in [6, 6.07) is 14.7. The molecule has 1 saturated heterocycles. The largest absolute Gasteiger partial charge is 0.497 e. The number of methoxy groups -OCH3 is 1. The summed E-state index contributed by atoms with van der Waals surface area (Å²) in [4.78, 5) is 41.4. The lowest BCUT2D eigenvalue weighted by Gasteiger charge is -2.28. The standard InChI is InChI=1S/C25H24N4O4/c1-16(30)23-21-13-15-28(18-7-5-17(6-8-18)27-14-3-4-22(27)31)25(32)24(21)29(26-23)19-9-11-20(33-2)12-10-19/h5-12H,3-4,13-15H2,1-2H3. The van der Waals surface area contributed by atoms with Crippen LogP contribution in [0.4, 0.5) is 11.4 Å². The highest BCUT2D eigenvalue weighted by molar-refractivity contribution is 6.09. The molecule has 33 heavy (non-hydrogen) atoms. The Morgan fingerprint density at radius 1 is 0.879 bits per heavy atom. The quantitative estimate of drug-likeness (QED) is 0.563. The van der Waals surface area contributed by atoms with Crippen molar-refractivity contribution < 1.29 is 19.1 Å². The van der Waals surface area contributed by atoms with Crippen LogP contribution < -0.4 is 14.5 Å². The van der Waals surface area contributed by atoms with E-state index in [1.54, 1.807) is 33.7 Å². The third kappa shape index (κ3) is 3.57. The molecule has 3 aromatic rings. The van der Waals surface area contributed by atoms with Gasteiger partial charge in [-0.1, -0.05) is 0 Å². The number of fused-ring (bicyclic) bond motifs is 1. The van der Waals surface area contributed by atoms with E-state index in [9.17, 15) is 14.4 Å². The fraction of sp³-hybridized carbons (Fsp3) is 0.280. The highest BCUT2D eigenvalue weighted by atomic mass is 16.5. The molecule has 8 heteroatoms. The van der Waals surface area contributed by atoms with Crippen molar-refractivity contribution in [2.24, 2.45) is 0 Å². The summed E-state index contributed by atoms with van der Waals surface area (Å²) in [6.07, 6.45) is 1.96. The molecule has 8 nitrogen and oxygen atoms in total. The lowest BCUT2D eigenvalue weighted by molar-refractivity contribution is -0.117. The summed E-state index contributed by atoms with van der Waals surface area (Å²) in [5.74, 6) is 0.439. The van der Waals surface area contributed by atoms with Crippen molar-refractivity contribution in [2.75, 3.05) is 30.0 Å². The van der Waals surface area contributed by atoms with Crippen LogP contribution >= 0.6 is 0 Å². The third-order valence-corrected chi connectivity index (χ3v) is 6.21. The van der Waals surface area contributed by atoms with Crippen LogP contribution in [0.25, 0.3) is 5.69 Å². The Labute approximate surface area is 191 Å². The van der Waals surface area contributed by atoms with Crippen molar-refractivity contribution in [3.63, 3.8) is 0 Å². The maximum Gasteiger partial charge on any atom is 0.277 e. The van der Waals surface area contributed by atoms with Gasteiger partial charge in [0.25, 0.3) is 5.91 Å². The molecule has 3 heterocycles. The molecule has 1 fully saturated rings. The molecule has 5 rings (SSSR count). The Morgan fingerprint density at radius 2 is 1.52 bits per heavy atom. The molecule has 2 aliphatic heterocycles. The van der Waals surface area contributed by atoms with Crippen LogP contribution in [0.2, 0.25) is 0 Å². The topological polar surface area (TPSA) is 84.7 Å². The van der Waals surface area contributed by atoms with Gasteiger partial charge in [0.1, 0.15) is 17.1 Å². The van der Waals surface area contributed by atoms with Crippen molar-refractivity contribution in [1.29, 1.82) is 0 Å². The first-order valence-corrected chi connectivity index (χ1v) is 11.0. The van der Waals surface area contributed by atoms with Crippen molar-refractivity contribution in [1.82, 2.24) is 9.78 Å². The summed E-state index contributed by atoms with van der Waals surface area (Å²) >= 11 is 0. The fourth-order valence-corrected chi connectivity index (χ4v) is 4.53. The Hall–Kier alpha value is -3.94. The highest BCUT2D eigenvalue weighted by Crippen LogP contribution is 2.31. The molecule has 0 aliphatic carbocycles. The summed E-state index contributed by atoms with van der Waals surface area (Å²) in [5, 5.41) is 4.51. The zero-order valence-corrected chi connectivity index (χ0v) is 18.6. The number of benzene rings is 2. The van der Waals surface area contributed by atoms with E-state index in [4.69, 9.17) is 4.74 Å². The lowest BCUT2D eigenvalue weighted by Crippen LogP contribution is -2.39. The van der Waals surface area contributed by atoms with Crippen LogP contribution in [-0.4, -0.2) is 47.6 Å². The molecule has 0 unspecified atom stereocenters. The number of carbonyl (C=O) groups is 3. The van der Waals surface area contributed by atoms with E-state index in [0.717, 1.165) is 24.3 Å². The summed E-state index contributed by atoms with van der Waals surface area (Å²) in [7, 11) is 1.59. The van der Waals surface area contributed by atoms with Gasteiger partial charge in [-0.25, -0.2) is 4.68 Å². The minimum absolute atomic E-state index is 0.126. The van der Waals surface area contributed by atoms with Gasteiger partial charge in [-0.3, -0.25) is 14.4 Å². The van der Waals surface area contributed by atoms with Crippen LogP contribution in [0.5, 0.6) is 5.75 Å². The number of hydrogen-bond donors (Lipinski definition) is 0. The smallest absolute Gasteiger partial charge is 0.277 e. The number of carbonyl (C=O) groups excluding carboxylic acids is 3. The number of nitrogens with zero attached hydrogens (tertiary/aromatic N) is 4. The Morgan fingerprint density at radius 3 is 2.09 bits per heavy atom. The number of ether oxygens (including phenoxy) is 1. The number of amides is 2. The van der Waals surface area contributed by atoms with Crippen molar-refractivity contribution in [3.05, 3.63) is 65.5 Å². The minimum atomic E-state index is -0.211. The van der Waals surface area contributed by atoms with Gasteiger partial charge in [0, 0.05) is 43.4 Å². The number of aromatic nitrogens is 2. The minimum Gasteiger partial charge on any atom is -0.497 e. The first-order valence-electron chi connectivity index (χ1n) is 11.0. The van der Waals surface area contributed by atoms with Crippen LogP contribution in [0.1, 0.15) is 46.3 Å². The SMILES string of the molecule is COc1ccc(-n2nc(C(C)=O)c3c2C(=O)N(c2ccc(N4CCCC4=O)cc2)CC3)cc1. The summed E-state index contributed by atoms with van der Waals surface area (Å²) in [6.45, 7) is 2.64. The Bertz CT molecular complexity index is 1240. The Balaban J connectivity index is 1.51. The van der Waals surface area contributed by atoms with Crippen molar-refractivity contribution in [3.8, 4) is 11.4 Å². The normalized spacial score (nSPS) is 15.7. The molecule has 0 N–H and O–H groups in total. The fourth-order valence-electron chi connectivity index (χ4n) is 4.53.